The first-order valence-electron chi connectivity index (χ1n) is 20.5. The largest absolute Gasteiger partial charge is 0.309 e. The van der Waals surface area contributed by atoms with Crippen molar-refractivity contribution in [3.8, 4) is 50.5 Å². The summed E-state index contributed by atoms with van der Waals surface area (Å²) in [5.41, 5.74) is 17.5. The van der Waals surface area contributed by atoms with Crippen LogP contribution in [-0.2, 0) is 30.9 Å². The molecule has 1 radical (unpaired) electrons. The number of hydrogen-bond acceptors (Lipinski definition) is 2. The number of aromatic nitrogens is 3. The third kappa shape index (κ3) is 7.33. The molecule has 0 unspecified atom stereocenters. The number of para-hydroxylation sites is 2. The summed E-state index contributed by atoms with van der Waals surface area (Å²) in [5.74, 6) is 0. The van der Waals surface area contributed by atoms with Crippen molar-refractivity contribution < 1.29 is 20.1 Å². The predicted molar refractivity (Wildman–Crippen MR) is 247 cm³/mol. The number of benzene rings is 6. The van der Waals surface area contributed by atoms with Gasteiger partial charge >= 0.3 is 0 Å². The minimum atomic E-state index is 0. The predicted octanol–water partition coefficient (Wildman–Crippen LogP) is 14.6. The Balaban J connectivity index is 0.000000162. The van der Waals surface area contributed by atoms with Crippen LogP contribution < -0.4 is 0 Å². The van der Waals surface area contributed by atoms with Crippen molar-refractivity contribution in [1.82, 2.24) is 14.5 Å². The number of aryl methyl sites for hydroxylation is 1. The standard InChI is InChI=1S/C29H19N2.C26H26N.CH4.Ir/c1-2-11-24(12-3-1)31-28-15-5-4-13-25(28)26-20-22(16-17-29(26)31)21-9-8-10-23(19-21)27-14-6-7-18-30-27;1-18-15-24(27-17-21(18)19-7-5-4-6-8-19)20-9-10-22-23(16-20)26(3)13-11-25(22,2)12-14-26;;/h1-9,11-20H;4-8,10,15-17H,11-14H2,1-3H3;1H4;/q2*-1;;. The maximum absolute atomic E-state index is 4.81. The quantitative estimate of drug-likeness (QED) is 0.161. The van der Waals surface area contributed by atoms with Gasteiger partial charge < -0.3 is 14.5 Å². The van der Waals surface area contributed by atoms with Crippen molar-refractivity contribution in [3.05, 3.63) is 199 Å². The van der Waals surface area contributed by atoms with Gasteiger partial charge in [-0.1, -0.05) is 125 Å². The second-order valence-corrected chi connectivity index (χ2v) is 16.7. The van der Waals surface area contributed by atoms with Crippen LogP contribution in [0.5, 0.6) is 0 Å². The Bertz CT molecular complexity index is 2920. The monoisotopic (exact) mass is 956 g/mol. The van der Waals surface area contributed by atoms with E-state index in [-0.39, 0.29) is 27.5 Å². The van der Waals surface area contributed by atoms with Gasteiger partial charge in [0.1, 0.15) is 0 Å². The molecular weight excluding hydrogens is 907 g/mol. The molecule has 3 aliphatic rings. The van der Waals surface area contributed by atoms with Gasteiger partial charge in [0.05, 0.1) is 11.0 Å². The van der Waals surface area contributed by atoms with Gasteiger partial charge in [-0.3, -0.25) is 0 Å². The second kappa shape index (κ2) is 16.6. The average Bonchev–Trinajstić information content (AvgIpc) is 3.62. The fourth-order valence-corrected chi connectivity index (χ4v) is 9.48. The summed E-state index contributed by atoms with van der Waals surface area (Å²) in [4.78, 5) is 9.28. The molecule has 3 aromatic heterocycles. The summed E-state index contributed by atoms with van der Waals surface area (Å²) in [6.07, 6.45) is 9.07. The van der Waals surface area contributed by atoms with Crippen molar-refractivity contribution in [2.24, 2.45) is 0 Å². The number of fused-ring (bicyclic) bond motifs is 5. The number of pyridine rings is 2. The fourth-order valence-electron chi connectivity index (χ4n) is 9.48. The van der Waals surface area contributed by atoms with Gasteiger partial charge in [0.2, 0.25) is 0 Å². The smallest absolute Gasteiger partial charge is 0.0541 e. The molecule has 1 saturated carbocycles. The van der Waals surface area contributed by atoms with E-state index >= 15 is 0 Å². The number of rotatable bonds is 5. The molecule has 12 rings (SSSR count). The first-order valence-corrected chi connectivity index (χ1v) is 20.5. The average molecular weight is 956 g/mol. The minimum absolute atomic E-state index is 0. The zero-order valence-corrected chi connectivity index (χ0v) is 36.1. The number of hydrogen-bond donors (Lipinski definition) is 0. The van der Waals surface area contributed by atoms with Crippen molar-refractivity contribution in [2.75, 3.05) is 0 Å². The van der Waals surface area contributed by atoms with E-state index < -0.39 is 0 Å². The molecule has 0 spiro atoms. The van der Waals surface area contributed by atoms with E-state index in [4.69, 9.17) is 4.98 Å². The van der Waals surface area contributed by atoms with Crippen LogP contribution in [0.2, 0.25) is 0 Å². The van der Waals surface area contributed by atoms with Gasteiger partial charge in [-0.05, 0) is 95.1 Å². The summed E-state index contributed by atoms with van der Waals surface area (Å²) in [6.45, 7) is 7.07. The maximum atomic E-state index is 4.81. The molecule has 60 heavy (non-hydrogen) atoms. The Morgan fingerprint density at radius 3 is 1.93 bits per heavy atom. The van der Waals surface area contributed by atoms with Crippen molar-refractivity contribution in [1.29, 1.82) is 0 Å². The Labute approximate surface area is 368 Å². The molecule has 0 saturated heterocycles. The van der Waals surface area contributed by atoms with Crippen LogP contribution in [0.4, 0.5) is 0 Å². The Morgan fingerprint density at radius 1 is 0.550 bits per heavy atom. The van der Waals surface area contributed by atoms with E-state index in [1.807, 2.05) is 36.7 Å². The van der Waals surface area contributed by atoms with E-state index in [9.17, 15) is 0 Å². The summed E-state index contributed by atoms with van der Waals surface area (Å²) in [5, 5.41) is 2.51. The Kier molecular flexibility index (Phi) is 11.3. The zero-order chi connectivity index (χ0) is 39.3. The molecule has 0 N–H and O–H groups in total. The summed E-state index contributed by atoms with van der Waals surface area (Å²) >= 11 is 0. The van der Waals surface area contributed by atoms with E-state index in [0.717, 1.165) is 28.1 Å². The molecule has 0 amide bonds. The molecule has 1 fully saturated rings. The van der Waals surface area contributed by atoms with Crippen LogP contribution in [-0.4, -0.2) is 14.5 Å². The Morgan fingerprint density at radius 2 is 1.20 bits per heavy atom. The van der Waals surface area contributed by atoms with Crippen molar-refractivity contribution in [2.45, 2.75) is 64.7 Å². The summed E-state index contributed by atoms with van der Waals surface area (Å²) < 4.78 is 2.34. The first-order chi connectivity index (χ1) is 28.4. The summed E-state index contributed by atoms with van der Waals surface area (Å²) in [6, 6.07) is 62.4. The van der Waals surface area contributed by atoms with Gasteiger partial charge in [-0.15, -0.1) is 70.3 Å². The van der Waals surface area contributed by atoms with Gasteiger partial charge in [-0.2, -0.15) is 0 Å². The third-order valence-electron chi connectivity index (χ3n) is 12.9. The van der Waals surface area contributed by atoms with Crippen molar-refractivity contribution >= 4 is 21.8 Å². The van der Waals surface area contributed by atoms with Crippen LogP contribution >= 0.6 is 0 Å². The van der Waals surface area contributed by atoms with Crippen LogP contribution in [0.1, 0.15) is 63.6 Å². The Hall–Kier alpha value is -5.93. The molecule has 9 aromatic rings. The van der Waals surface area contributed by atoms with Crippen LogP contribution in [0, 0.1) is 19.1 Å². The fraction of sp³-hybridized carbons (Fsp3) is 0.179. The van der Waals surface area contributed by atoms with Gasteiger partial charge in [0.25, 0.3) is 0 Å². The molecule has 3 heterocycles. The molecule has 3 nitrogen and oxygen atoms in total. The van der Waals surface area contributed by atoms with Crippen molar-refractivity contribution in [3.63, 3.8) is 0 Å². The van der Waals surface area contributed by atoms with Gasteiger partial charge in [0, 0.05) is 54.5 Å². The molecule has 3 aliphatic carbocycles. The molecular formula is C56H49IrN3-2. The molecule has 0 aliphatic heterocycles. The van der Waals surface area contributed by atoms with Crippen LogP contribution in [0.25, 0.3) is 72.3 Å². The SMILES string of the molecule is C.Cc1cc(-c2[c-]cc3c(c2)C2(C)CCC3(C)CC2)ncc1-c1ccccc1.[Ir].[c-]1ccc(-c2ccc3c(c2)c2ccccc2n3-c2ccccc2)cc1-c1ccccn1. The topological polar surface area (TPSA) is 30.7 Å². The molecule has 299 valence electrons. The zero-order valence-electron chi connectivity index (χ0n) is 33.7. The van der Waals surface area contributed by atoms with E-state index in [1.54, 1.807) is 5.56 Å². The van der Waals surface area contributed by atoms with E-state index in [0.29, 0.717) is 10.8 Å². The molecule has 0 atom stereocenters. The van der Waals surface area contributed by atoms with E-state index in [1.165, 1.54) is 81.0 Å². The van der Waals surface area contributed by atoms with Crippen LogP contribution in [0.3, 0.4) is 0 Å². The minimum Gasteiger partial charge on any atom is -0.309 e. The molecule has 2 bridgehead atoms. The third-order valence-corrected chi connectivity index (χ3v) is 12.9. The maximum Gasteiger partial charge on any atom is 0.0541 e. The molecule has 4 heteroatoms. The van der Waals surface area contributed by atoms with Gasteiger partial charge in [0.15, 0.2) is 0 Å². The summed E-state index contributed by atoms with van der Waals surface area (Å²) in [7, 11) is 0. The first kappa shape index (κ1) is 40.8. The molecule has 6 aromatic carbocycles. The van der Waals surface area contributed by atoms with Crippen LogP contribution in [0.15, 0.2) is 170 Å². The normalized spacial score (nSPS) is 17.5. The van der Waals surface area contributed by atoms with E-state index in [2.05, 4.69) is 176 Å². The van der Waals surface area contributed by atoms with Gasteiger partial charge in [-0.25, -0.2) is 0 Å². The number of nitrogens with zero attached hydrogens (tertiary/aromatic N) is 3. The second-order valence-electron chi connectivity index (χ2n) is 16.7.